The molecule has 1 N–H and O–H groups in total. The fourth-order valence-corrected chi connectivity index (χ4v) is 3.01. The lowest BCUT2D eigenvalue weighted by Crippen LogP contribution is -2.46. The Morgan fingerprint density at radius 3 is 2.53 bits per heavy atom. The fraction of sp³-hybridized carbons (Fsp3) is 1.00. The Labute approximate surface area is 108 Å². The van der Waals surface area contributed by atoms with E-state index in [1.807, 2.05) is 0 Å². The van der Waals surface area contributed by atoms with Crippen molar-refractivity contribution in [1.29, 1.82) is 0 Å². The second kappa shape index (κ2) is 6.75. The first-order chi connectivity index (χ1) is 8.01. The molecular formula is C15H32N2. The Kier molecular flexibility index (Phi) is 5.94. The molecule has 2 atom stereocenters. The zero-order chi connectivity index (χ0) is 12.9. The van der Waals surface area contributed by atoms with E-state index in [4.69, 9.17) is 0 Å². The van der Waals surface area contributed by atoms with Gasteiger partial charge in [0.15, 0.2) is 0 Å². The Morgan fingerprint density at radius 2 is 2.06 bits per heavy atom. The molecule has 0 radical (unpaired) electrons. The topological polar surface area (TPSA) is 15.3 Å². The Hall–Kier alpha value is -0.0800. The smallest absolute Gasteiger partial charge is 0.00644 e. The van der Waals surface area contributed by atoms with Gasteiger partial charge in [-0.05, 0) is 57.2 Å². The Morgan fingerprint density at radius 1 is 1.35 bits per heavy atom. The molecule has 2 nitrogen and oxygen atoms in total. The summed E-state index contributed by atoms with van der Waals surface area (Å²) in [4.78, 5) is 2.65. The van der Waals surface area contributed by atoms with Crippen LogP contribution < -0.4 is 5.32 Å². The molecule has 1 fully saturated rings. The van der Waals surface area contributed by atoms with Crippen molar-refractivity contribution in [3.63, 3.8) is 0 Å². The molecule has 0 aromatic carbocycles. The maximum absolute atomic E-state index is 3.56. The number of nitrogens with zero attached hydrogens (tertiary/aromatic N) is 1. The van der Waals surface area contributed by atoms with Gasteiger partial charge in [0.25, 0.3) is 0 Å². The Bertz CT molecular complexity index is 207. The number of rotatable bonds is 6. The number of piperidine rings is 1. The van der Waals surface area contributed by atoms with Gasteiger partial charge in [-0.3, -0.25) is 0 Å². The van der Waals surface area contributed by atoms with E-state index in [2.05, 4.69) is 44.8 Å². The predicted molar refractivity (Wildman–Crippen MR) is 76.4 cm³/mol. The monoisotopic (exact) mass is 240 g/mol. The lowest BCUT2D eigenvalue weighted by atomic mass is 9.74. The summed E-state index contributed by atoms with van der Waals surface area (Å²) in [6.45, 7) is 16.7. The largest absolute Gasteiger partial charge is 0.316 e. The van der Waals surface area contributed by atoms with E-state index in [-0.39, 0.29) is 0 Å². The summed E-state index contributed by atoms with van der Waals surface area (Å²) in [5, 5.41) is 3.56. The minimum Gasteiger partial charge on any atom is -0.316 e. The predicted octanol–water partition coefficient (Wildman–Crippen LogP) is 3.13. The second-order valence-electron chi connectivity index (χ2n) is 6.35. The van der Waals surface area contributed by atoms with Crippen LogP contribution in [0.4, 0.5) is 0 Å². The lowest BCUT2D eigenvalue weighted by Gasteiger charge is -2.42. The average molecular weight is 240 g/mol. The fourth-order valence-electron chi connectivity index (χ4n) is 3.01. The molecule has 0 amide bonds. The molecule has 0 aromatic rings. The molecule has 1 saturated heterocycles. The highest BCUT2D eigenvalue weighted by atomic mass is 15.2. The molecule has 2 unspecified atom stereocenters. The summed E-state index contributed by atoms with van der Waals surface area (Å²) in [5.74, 6) is 0.842. The summed E-state index contributed by atoms with van der Waals surface area (Å²) in [5.41, 5.74) is 0.437. The standard InChI is InChI=1S/C15H32N2/c1-6-13(3)17(7-2)12-15(4,5)14-9-8-10-16-11-14/h13-14,16H,6-12H2,1-5H3. The Balaban J connectivity index is 2.56. The maximum Gasteiger partial charge on any atom is 0.00644 e. The van der Waals surface area contributed by atoms with Crippen LogP contribution in [-0.2, 0) is 0 Å². The molecule has 2 heteroatoms. The summed E-state index contributed by atoms with van der Waals surface area (Å²) < 4.78 is 0. The summed E-state index contributed by atoms with van der Waals surface area (Å²) >= 11 is 0. The minimum atomic E-state index is 0.437. The molecule has 0 bridgehead atoms. The van der Waals surface area contributed by atoms with E-state index < -0.39 is 0 Å². The summed E-state index contributed by atoms with van der Waals surface area (Å²) in [6, 6.07) is 0.718. The molecule has 1 aliphatic heterocycles. The first-order valence-corrected chi connectivity index (χ1v) is 7.46. The first kappa shape index (κ1) is 15.0. The van der Waals surface area contributed by atoms with Crippen LogP contribution in [0.25, 0.3) is 0 Å². The van der Waals surface area contributed by atoms with Crippen LogP contribution in [0.2, 0.25) is 0 Å². The van der Waals surface area contributed by atoms with Gasteiger partial charge >= 0.3 is 0 Å². The summed E-state index contributed by atoms with van der Waals surface area (Å²) in [7, 11) is 0. The van der Waals surface area contributed by atoms with Gasteiger partial charge in [-0.1, -0.05) is 27.7 Å². The molecule has 1 rings (SSSR count). The molecule has 17 heavy (non-hydrogen) atoms. The number of hydrogen-bond donors (Lipinski definition) is 1. The maximum atomic E-state index is 3.56. The zero-order valence-corrected chi connectivity index (χ0v) is 12.6. The van der Waals surface area contributed by atoms with E-state index in [9.17, 15) is 0 Å². The van der Waals surface area contributed by atoms with Crippen LogP contribution in [0.5, 0.6) is 0 Å². The van der Waals surface area contributed by atoms with E-state index >= 15 is 0 Å². The highest BCUT2D eigenvalue weighted by molar-refractivity contribution is 4.86. The number of nitrogens with one attached hydrogen (secondary N) is 1. The van der Waals surface area contributed by atoms with Crippen molar-refractivity contribution >= 4 is 0 Å². The van der Waals surface area contributed by atoms with Crippen LogP contribution >= 0.6 is 0 Å². The molecule has 0 spiro atoms. The van der Waals surface area contributed by atoms with Crippen molar-refractivity contribution in [2.24, 2.45) is 11.3 Å². The quantitative estimate of drug-likeness (QED) is 0.767. The van der Waals surface area contributed by atoms with Crippen molar-refractivity contribution in [2.45, 2.75) is 59.9 Å². The molecule has 102 valence electrons. The SMILES string of the molecule is CCC(C)N(CC)CC(C)(C)C1CCCNC1. The van der Waals surface area contributed by atoms with Gasteiger partial charge in [-0.2, -0.15) is 0 Å². The van der Waals surface area contributed by atoms with Crippen LogP contribution in [0.3, 0.4) is 0 Å². The van der Waals surface area contributed by atoms with Gasteiger partial charge in [-0.15, -0.1) is 0 Å². The highest BCUT2D eigenvalue weighted by Crippen LogP contribution is 2.33. The van der Waals surface area contributed by atoms with E-state index in [1.54, 1.807) is 0 Å². The van der Waals surface area contributed by atoms with Gasteiger partial charge in [0.05, 0.1) is 0 Å². The van der Waals surface area contributed by atoms with E-state index in [1.165, 1.54) is 45.4 Å². The highest BCUT2D eigenvalue weighted by Gasteiger charge is 2.32. The van der Waals surface area contributed by atoms with Crippen LogP contribution in [0.1, 0.15) is 53.9 Å². The number of hydrogen-bond acceptors (Lipinski definition) is 2. The van der Waals surface area contributed by atoms with Crippen molar-refractivity contribution in [3.05, 3.63) is 0 Å². The van der Waals surface area contributed by atoms with Crippen molar-refractivity contribution in [2.75, 3.05) is 26.2 Å². The molecule has 0 saturated carbocycles. The third-order valence-electron chi connectivity index (χ3n) is 4.63. The van der Waals surface area contributed by atoms with Crippen molar-refractivity contribution in [1.82, 2.24) is 10.2 Å². The molecule has 0 aliphatic carbocycles. The third kappa shape index (κ3) is 4.26. The van der Waals surface area contributed by atoms with E-state index in [0.29, 0.717) is 5.41 Å². The molecule has 1 heterocycles. The normalized spacial score (nSPS) is 24.0. The van der Waals surface area contributed by atoms with Crippen molar-refractivity contribution < 1.29 is 0 Å². The molecule has 1 aliphatic rings. The molecule has 0 aromatic heterocycles. The van der Waals surface area contributed by atoms with Gasteiger partial charge in [0.2, 0.25) is 0 Å². The zero-order valence-electron chi connectivity index (χ0n) is 12.6. The van der Waals surface area contributed by atoms with Crippen LogP contribution in [-0.4, -0.2) is 37.1 Å². The van der Waals surface area contributed by atoms with Gasteiger partial charge in [-0.25, -0.2) is 0 Å². The first-order valence-electron chi connectivity index (χ1n) is 7.46. The third-order valence-corrected chi connectivity index (χ3v) is 4.63. The van der Waals surface area contributed by atoms with Crippen molar-refractivity contribution in [3.8, 4) is 0 Å². The average Bonchev–Trinajstić information content (AvgIpc) is 2.36. The van der Waals surface area contributed by atoms with Gasteiger partial charge in [0, 0.05) is 12.6 Å². The minimum absolute atomic E-state index is 0.437. The second-order valence-corrected chi connectivity index (χ2v) is 6.35. The van der Waals surface area contributed by atoms with Gasteiger partial charge < -0.3 is 10.2 Å². The summed E-state index contributed by atoms with van der Waals surface area (Å²) in [6.07, 6.45) is 4.01. The van der Waals surface area contributed by atoms with Crippen LogP contribution in [0.15, 0.2) is 0 Å². The van der Waals surface area contributed by atoms with Gasteiger partial charge in [0.1, 0.15) is 0 Å². The van der Waals surface area contributed by atoms with E-state index in [0.717, 1.165) is 12.0 Å². The molecular weight excluding hydrogens is 208 g/mol. The lowest BCUT2D eigenvalue weighted by molar-refractivity contribution is 0.0806. The van der Waals surface area contributed by atoms with Crippen LogP contribution in [0, 0.1) is 11.3 Å².